The van der Waals surface area contributed by atoms with E-state index in [1.54, 1.807) is 24.3 Å². The summed E-state index contributed by atoms with van der Waals surface area (Å²) in [5.41, 5.74) is 1.05. The molecule has 0 amide bonds. The summed E-state index contributed by atoms with van der Waals surface area (Å²) in [6.45, 7) is 0.0507. The van der Waals surface area contributed by atoms with Crippen molar-refractivity contribution in [3.05, 3.63) is 65.7 Å². The lowest BCUT2D eigenvalue weighted by atomic mass is 10.1. The van der Waals surface area contributed by atoms with Crippen molar-refractivity contribution < 1.29 is 16.8 Å². The number of rotatable bonds is 3. The molecular weight excluding hydrogens is 372 g/mol. The Hall–Kier alpha value is -2.21. The third-order valence-electron chi connectivity index (χ3n) is 4.49. The first-order valence-electron chi connectivity index (χ1n) is 8.11. The van der Waals surface area contributed by atoms with Crippen LogP contribution in [0.25, 0.3) is 0 Å². The molecule has 0 aromatic heterocycles. The van der Waals surface area contributed by atoms with Gasteiger partial charge in [0.2, 0.25) is 10.0 Å². The van der Waals surface area contributed by atoms with Gasteiger partial charge in [-0.05, 0) is 36.2 Å². The van der Waals surface area contributed by atoms with Crippen molar-refractivity contribution in [2.45, 2.75) is 16.6 Å². The number of benzene rings is 2. The molecule has 3 rings (SSSR count). The van der Waals surface area contributed by atoms with Gasteiger partial charge in [-0.2, -0.15) is 9.57 Å². The van der Waals surface area contributed by atoms with Crippen LogP contribution in [-0.4, -0.2) is 40.0 Å². The summed E-state index contributed by atoms with van der Waals surface area (Å²) < 4.78 is 52.2. The largest absolute Gasteiger partial charge is 0.243 e. The minimum Gasteiger partial charge on any atom is -0.228 e. The van der Waals surface area contributed by atoms with Crippen LogP contribution >= 0.6 is 0 Å². The van der Waals surface area contributed by atoms with E-state index in [0.717, 1.165) is 0 Å². The lowest BCUT2D eigenvalue weighted by Crippen LogP contribution is -2.33. The first-order chi connectivity index (χ1) is 12.3. The van der Waals surface area contributed by atoms with Crippen LogP contribution in [-0.2, 0) is 19.9 Å². The van der Waals surface area contributed by atoms with Gasteiger partial charge in [0.25, 0.3) is 0 Å². The Labute approximate surface area is 153 Å². The molecule has 0 radical (unpaired) electrons. The van der Waals surface area contributed by atoms with Gasteiger partial charge in [-0.3, -0.25) is 0 Å². The first-order valence-corrected chi connectivity index (χ1v) is 11.3. The van der Waals surface area contributed by atoms with E-state index in [4.69, 9.17) is 5.26 Å². The normalized spacial score (nSPS) is 20.8. The minimum absolute atomic E-state index is 0.0621. The average Bonchev–Trinajstić information content (AvgIpc) is 2.81. The summed E-state index contributed by atoms with van der Waals surface area (Å²) in [4.78, 5) is 0.0621. The van der Waals surface area contributed by atoms with Crippen molar-refractivity contribution in [3.63, 3.8) is 0 Å². The van der Waals surface area contributed by atoms with Crippen LogP contribution < -0.4 is 0 Å². The molecule has 6 nitrogen and oxygen atoms in total. The molecule has 1 fully saturated rings. The van der Waals surface area contributed by atoms with Gasteiger partial charge in [0.15, 0.2) is 9.84 Å². The smallest absolute Gasteiger partial charge is 0.228 e. The fourth-order valence-corrected chi connectivity index (χ4v) is 6.42. The number of sulfone groups is 1. The minimum atomic E-state index is -3.81. The van der Waals surface area contributed by atoms with E-state index in [9.17, 15) is 16.8 Å². The van der Waals surface area contributed by atoms with E-state index < -0.39 is 25.1 Å². The fraction of sp³-hybridized carbons (Fsp3) is 0.278. The van der Waals surface area contributed by atoms with Crippen LogP contribution in [0.5, 0.6) is 0 Å². The van der Waals surface area contributed by atoms with Gasteiger partial charge in [-0.25, -0.2) is 16.8 Å². The Morgan fingerprint density at radius 2 is 1.65 bits per heavy atom. The zero-order chi connectivity index (χ0) is 18.8. The SMILES string of the molecule is N#Cc1ccc(S(=O)(=O)N2CCC(c3ccccc3)S(=O)(=O)CC2)cc1. The van der Waals surface area contributed by atoms with E-state index in [1.807, 2.05) is 12.1 Å². The molecule has 0 bridgehead atoms. The molecule has 1 heterocycles. The Balaban J connectivity index is 1.88. The van der Waals surface area contributed by atoms with Gasteiger partial charge in [0, 0.05) is 13.1 Å². The molecule has 0 saturated carbocycles. The van der Waals surface area contributed by atoms with Gasteiger partial charge in [0.05, 0.1) is 27.5 Å². The lowest BCUT2D eigenvalue weighted by Gasteiger charge is -2.19. The molecule has 26 heavy (non-hydrogen) atoms. The van der Waals surface area contributed by atoms with Crippen LogP contribution in [0.4, 0.5) is 0 Å². The molecule has 1 unspecified atom stereocenters. The third-order valence-corrected chi connectivity index (χ3v) is 8.53. The number of hydrogen-bond donors (Lipinski definition) is 0. The molecule has 2 aromatic rings. The number of hydrogen-bond acceptors (Lipinski definition) is 5. The molecule has 2 aromatic carbocycles. The van der Waals surface area contributed by atoms with Crippen molar-refractivity contribution in [1.82, 2.24) is 4.31 Å². The number of nitriles is 1. The maximum Gasteiger partial charge on any atom is 0.243 e. The Morgan fingerprint density at radius 1 is 1.00 bits per heavy atom. The van der Waals surface area contributed by atoms with Crippen LogP contribution in [0.3, 0.4) is 0 Å². The highest BCUT2D eigenvalue weighted by Gasteiger charge is 2.35. The molecule has 1 aliphatic rings. The first kappa shape index (κ1) is 18.6. The Kier molecular flexibility index (Phi) is 5.14. The number of nitrogens with zero attached hydrogens (tertiary/aromatic N) is 2. The molecule has 1 aliphatic heterocycles. The maximum atomic E-state index is 12.8. The van der Waals surface area contributed by atoms with Gasteiger partial charge in [-0.1, -0.05) is 30.3 Å². The second-order valence-electron chi connectivity index (χ2n) is 6.10. The highest BCUT2D eigenvalue weighted by molar-refractivity contribution is 7.92. The van der Waals surface area contributed by atoms with Crippen LogP contribution in [0, 0.1) is 11.3 Å². The van der Waals surface area contributed by atoms with E-state index >= 15 is 0 Å². The summed E-state index contributed by atoms with van der Waals surface area (Å²) in [7, 11) is -7.25. The number of sulfonamides is 1. The molecule has 8 heteroatoms. The summed E-state index contributed by atoms with van der Waals surface area (Å²) in [5, 5.41) is 8.13. The van der Waals surface area contributed by atoms with Gasteiger partial charge in [-0.15, -0.1) is 0 Å². The molecule has 1 saturated heterocycles. The second-order valence-corrected chi connectivity index (χ2v) is 10.3. The summed E-state index contributed by atoms with van der Waals surface area (Å²) in [5.74, 6) is -0.220. The van der Waals surface area contributed by atoms with Gasteiger partial charge < -0.3 is 0 Å². The summed E-state index contributed by atoms with van der Waals surface area (Å²) in [6.07, 6.45) is 0.210. The monoisotopic (exact) mass is 390 g/mol. The van der Waals surface area contributed by atoms with Crippen molar-refractivity contribution >= 4 is 19.9 Å². The molecular formula is C18H18N2O4S2. The van der Waals surface area contributed by atoms with Crippen LogP contribution in [0.15, 0.2) is 59.5 Å². The lowest BCUT2D eigenvalue weighted by molar-refractivity contribution is 0.428. The van der Waals surface area contributed by atoms with E-state index in [-0.39, 0.29) is 30.2 Å². The molecule has 1 atom stereocenters. The topological polar surface area (TPSA) is 95.3 Å². The third kappa shape index (κ3) is 3.65. The van der Waals surface area contributed by atoms with E-state index in [1.165, 1.54) is 28.6 Å². The zero-order valence-electron chi connectivity index (χ0n) is 13.9. The standard InChI is InChI=1S/C18H18N2O4S2/c19-14-15-6-8-17(9-7-15)26(23,24)20-11-10-18(25(21,22)13-12-20)16-4-2-1-3-5-16/h1-9,18H,10-13H2. The van der Waals surface area contributed by atoms with Crippen LogP contribution in [0.1, 0.15) is 22.8 Å². The van der Waals surface area contributed by atoms with Crippen LogP contribution in [0.2, 0.25) is 0 Å². The predicted octanol–water partition coefficient (Wildman–Crippen LogP) is 2.11. The van der Waals surface area contributed by atoms with Crippen molar-refractivity contribution in [1.29, 1.82) is 5.26 Å². The van der Waals surface area contributed by atoms with Crippen molar-refractivity contribution in [3.8, 4) is 6.07 Å². The summed E-state index contributed by atoms with van der Waals surface area (Å²) in [6, 6.07) is 16.5. The average molecular weight is 390 g/mol. The van der Waals surface area contributed by atoms with Gasteiger partial charge >= 0.3 is 0 Å². The summed E-state index contributed by atoms with van der Waals surface area (Å²) >= 11 is 0. The zero-order valence-corrected chi connectivity index (χ0v) is 15.6. The molecule has 136 valence electrons. The van der Waals surface area contributed by atoms with E-state index in [2.05, 4.69) is 0 Å². The maximum absolute atomic E-state index is 12.8. The molecule has 0 spiro atoms. The predicted molar refractivity (Wildman–Crippen MR) is 97.5 cm³/mol. The Morgan fingerprint density at radius 3 is 2.27 bits per heavy atom. The molecule has 0 N–H and O–H groups in total. The van der Waals surface area contributed by atoms with Gasteiger partial charge in [0.1, 0.15) is 0 Å². The highest BCUT2D eigenvalue weighted by atomic mass is 32.2. The fourth-order valence-electron chi connectivity index (χ4n) is 3.06. The highest BCUT2D eigenvalue weighted by Crippen LogP contribution is 2.31. The quantitative estimate of drug-likeness (QED) is 0.800. The molecule has 0 aliphatic carbocycles. The van der Waals surface area contributed by atoms with Crippen molar-refractivity contribution in [2.24, 2.45) is 0 Å². The van der Waals surface area contributed by atoms with Crippen molar-refractivity contribution in [2.75, 3.05) is 18.8 Å². The Bertz CT molecular complexity index is 1020. The van der Waals surface area contributed by atoms with E-state index in [0.29, 0.717) is 11.1 Å². The second kappa shape index (κ2) is 7.19.